The molecule has 0 aromatic heterocycles. The monoisotopic (exact) mass is 570 g/mol. The van der Waals surface area contributed by atoms with Crippen LogP contribution in [0, 0.1) is 11.3 Å². The van der Waals surface area contributed by atoms with Gasteiger partial charge in [0.25, 0.3) is 0 Å². The Morgan fingerprint density at radius 2 is 1.56 bits per heavy atom. The van der Waals surface area contributed by atoms with E-state index in [4.69, 9.17) is 9.16 Å². The second kappa shape index (κ2) is 10.9. The summed E-state index contributed by atoms with van der Waals surface area (Å²) in [5.74, 6) is 0.350. The first-order chi connectivity index (χ1) is 15.6. The molecule has 3 nitrogen and oxygen atoms in total. The molecule has 6 heteroatoms. The molecule has 0 spiro atoms. The van der Waals surface area contributed by atoms with Crippen molar-refractivity contribution in [1.29, 1.82) is 0 Å². The molecule has 0 aliphatic heterocycles. The summed E-state index contributed by atoms with van der Waals surface area (Å²) in [6, 6.07) is 14.9. The van der Waals surface area contributed by atoms with E-state index in [1.54, 1.807) is 0 Å². The fourth-order valence-electron chi connectivity index (χ4n) is 4.73. The molecular weight excluding hydrogens is 519 g/mol. The molecule has 0 saturated heterocycles. The molecular formula is C28H50O3SeSi2. The van der Waals surface area contributed by atoms with Crippen LogP contribution in [0.15, 0.2) is 30.3 Å². The normalized spacial score (nSPS) is 22.4. The summed E-state index contributed by atoms with van der Waals surface area (Å²) in [5, 5.41) is 0.120. The van der Waals surface area contributed by atoms with Crippen LogP contribution in [0.3, 0.4) is 0 Å². The number of ether oxygens (including phenoxy) is 1. The van der Waals surface area contributed by atoms with Crippen LogP contribution in [0.4, 0.5) is 0 Å². The van der Waals surface area contributed by atoms with Gasteiger partial charge in [-0.1, -0.05) is 0 Å². The molecule has 194 valence electrons. The molecule has 0 N–H and O–H groups in total. The Morgan fingerprint density at radius 1 is 1.03 bits per heavy atom. The topological polar surface area (TPSA) is 35.5 Å². The zero-order valence-corrected chi connectivity index (χ0v) is 27.4. The molecule has 1 fully saturated rings. The van der Waals surface area contributed by atoms with Crippen molar-refractivity contribution in [1.82, 2.24) is 0 Å². The van der Waals surface area contributed by atoms with Crippen molar-refractivity contribution in [3.8, 4) is 0 Å². The molecule has 0 heterocycles. The fourth-order valence-corrected chi connectivity index (χ4v) is 17.8. The third kappa shape index (κ3) is 6.67. The van der Waals surface area contributed by atoms with Crippen molar-refractivity contribution in [3.05, 3.63) is 30.3 Å². The first kappa shape index (κ1) is 29.8. The standard InChI is InChI=1S/C28H50O3SeSi2/c1-12-34(13-2,14-3)24(32-22-18-16-15-17-19-22)23-20-28(23,25(29)31-26(4,5)6)21-30-33(10,11)27(7,8)9/h15-19,23-24H,12-14,20-21H2,1-11H3/t23-,24-,28+/m1/s1. The quantitative estimate of drug-likeness (QED) is 0.208. The van der Waals surface area contributed by atoms with Crippen molar-refractivity contribution in [2.75, 3.05) is 6.61 Å². The summed E-state index contributed by atoms with van der Waals surface area (Å²) in [7, 11) is -3.54. The van der Waals surface area contributed by atoms with Gasteiger partial charge in [0.1, 0.15) is 0 Å². The zero-order valence-electron chi connectivity index (χ0n) is 23.7. The Kier molecular flexibility index (Phi) is 9.58. The summed E-state index contributed by atoms with van der Waals surface area (Å²) < 4.78 is 14.9. The molecule has 0 radical (unpaired) electrons. The Balaban J connectivity index is 2.47. The number of esters is 1. The molecule has 1 saturated carbocycles. The molecule has 0 bridgehead atoms. The van der Waals surface area contributed by atoms with Gasteiger partial charge in [-0.3, -0.25) is 0 Å². The van der Waals surface area contributed by atoms with Crippen molar-refractivity contribution >= 4 is 41.8 Å². The van der Waals surface area contributed by atoms with Crippen molar-refractivity contribution in [2.24, 2.45) is 11.3 Å². The van der Waals surface area contributed by atoms with Crippen LogP contribution in [0.1, 0.15) is 68.7 Å². The molecule has 34 heavy (non-hydrogen) atoms. The molecule has 1 aromatic carbocycles. The summed E-state index contributed by atoms with van der Waals surface area (Å²) in [5.41, 5.74) is -0.967. The Hall–Kier alpha value is -0.397. The van der Waals surface area contributed by atoms with Crippen LogP contribution < -0.4 is 4.46 Å². The zero-order chi connectivity index (χ0) is 26.0. The minimum absolute atomic E-state index is 0.0243. The third-order valence-corrected chi connectivity index (χ3v) is 25.0. The second-order valence-corrected chi connectivity index (χ2v) is 26.6. The first-order valence-electron chi connectivity index (χ1n) is 13.2. The van der Waals surface area contributed by atoms with Gasteiger partial charge in [0.05, 0.1) is 0 Å². The number of carbonyl (C=O) groups excluding carboxylic acids is 1. The van der Waals surface area contributed by atoms with Gasteiger partial charge < -0.3 is 0 Å². The maximum absolute atomic E-state index is 13.8. The van der Waals surface area contributed by atoms with E-state index in [0.717, 1.165) is 6.42 Å². The van der Waals surface area contributed by atoms with Gasteiger partial charge in [-0.2, -0.15) is 0 Å². The van der Waals surface area contributed by atoms with Gasteiger partial charge in [0.2, 0.25) is 0 Å². The third-order valence-electron chi connectivity index (χ3n) is 8.52. The van der Waals surface area contributed by atoms with Gasteiger partial charge in [-0.15, -0.1) is 0 Å². The van der Waals surface area contributed by atoms with Gasteiger partial charge in [0.15, 0.2) is 0 Å². The van der Waals surface area contributed by atoms with Gasteiger partial charge in [-0.05, 0) is 0 Å². The van der Waals surface area contributed by atoms with Crippen molar-refractivity contribution in [2.45, 2.75) is 115 Å². The van der Waals surface area contributed by atoms with E-state index < -0.39 is 27.4 Å². The van der Waals surface area contributed by atoms with Crippen LogP contribution in [0.25, 0.3) is 0 Å². The molecule has 3 atom stereocenters. The van der Waals surface area contributed by atoms with Crippen LogP contribution in [0.2, 0.25) is 40.7 Å². The molecule has 0 unspecified atom stereocenters. The Labute approximate surface area is 218 Å². The Morgan fingerprint density at radius 3 is 2.00 bits per heavy atom. The predicted molar refractivity (Wildman–Crippen MR) is 152 cm³/mol. The molecule has 1 aliphatic carbocycles. The first-order valence-corrected chi connectivity index (χ1v) is 20.6. The number of benzene rings is 1. The van der Waals surface area contributed by atoms with Crippen LogP contribution in [-0.4, -0.2) is 49.5 Å². The SMILES string of the molecule is CC[Si](CC)(CC)[C@@H]([Se]c1ccccc1)[C@H]1C[C@@]1(CO[Si](C)(C)C(C)(C)C)C(=O)OC(C)(C)C. The van der Waals surface area contributed by atoms with E-state index in [1.165, 1.54) is 22.6 Å². The summed E-state index contributed by atoms with van der Waals surface area (Å²) in [6.45, 7) is 25.1. The molecule has 1 aliphatic rings. The predicted octanol–water partition coefficient (Wildman–Crippen LogP) is 7.22. The van der Waals surface area contributed by atoms with E-state index in [0.29, 0.717) is 31.9 Å². The van der Waals surface area contributed by atoms with Crippen molar-refractivity contribution < 1.29 is 14.0 Å². The van der Waals surface area contributed by atoms with Crippen LogP contribution >= 0.6 is 0 Å². The van der Waals surface area contributed by atoms with Crippen molar-refractivity contribution in [3.63, 3.8) is 0 Å². The number of hydrogen-bond acceptors (Lipinski definition) is 3. The minimum atomic E-state index is -1.98. The number of hydrogen-bond donors (Lipinski definition) is 0. The Bertz CT molecular complexity index is 801. The molecule has 0 amide bonds. The average Bonchev–Trinajstić information content (AvgIpc) is 3.47. The molecule has 1 aromatic rings. The summed E-state index contributed by atoms with van der Waals surface area (Å²) in [4.78, 5) is 13.8. The van der Waals surface area contributed by atoms with E-state index in [2.05, 4.69) is 85.0 Å². The van der Waals surface area contributed by atoms with Crippen LogP contribution in [-0.2, 0) is 14.0 Å². The number of carbonyl (C=O) groups is 1. The van der Waals surface area contributed by atoms with E-state index in [9.17, 15) is 4.79 Å². The number of rotatable bonds is 11. The van der Waals surface area contributed by atoms with Gasteiger partial charge in [0, 0.05) is 0 Å². The second-order valence-electron chi connectivity index (χ2n) is 12.8. The summed E-state index contributed by atoms with van der Waals surface area (Å²) in [6.07, 6.45) is 0.921. The summed E-state index contributed by atoms with van der Waals surface area (Å²) >= 11 is 0.348. The maximum atomic E-state index is 13.8. The van der Waals surface area contributed by atoms with E-state index in [-0.39, 0.29) is 11.0 Å². The van der Waals surface area contributed by atoms with Gasteiger partial charge >= 0.3 is 219 Å². The van der Waals surface area contributed by atoms with Gasteiger partial charge in [-0.25, -0.2) is 0 Å². The van der Waals surface area contributed by atoms with E-state index >= 15 is 0 Å². The molecule has 2 rings (SSSR count). The van der Waals surface area contributed by atoms with E-state index in [1.807, 2.05) is 20.8 Å². The fraction of sp³-hybridized carbons (Fsp3) is 0.750. The van der Waals surface area contributed by atoms with Crippen LogP contribution in [0.5, 0.6) is 0 Å². The average molecular weight is 570 g/mol.